The van der Waals surface area contributed by atoms with E-state index in [1.165, 1.54) is 12.1 Å². The SMILES string of the molecule is CC(C)(C)c1cccc(C(F)(F)COC2COC2)c1F. The third-order valence-corrected chi connectivity index (χ3v) is 3.31. The first-order chi connectivity index (χ1) is 9.22. The van der Waals surface area contributed by atoms with Crippen LogP contribution in [0.25, 0.3) is 0 Å². The van der Waals surface area contributed by atoms with Gasteiger partial charge >= 0.3 is 0 Å². The lowest BCUT2D eigenvalue weighted by Gasteiger charge is -2.29. The van der Waals surface area contributed by atoms with E-state index < -0.39 is 29.3 Å². The lowest BCUT2D eigenvalue weighted by atomic mass is 9.85. The molecule has 112 valence electrons. The maximum Gasteiger partial charge on any atom is 0.298 e. The molecule has 2 nitrogen and oxygen atoms in total. The van der Waals surface area contributed by atoms with Crippen LogP contribution in [0.15, 0.2) is 18.2 Å². The van der Waals surface area contributed by atoms with Crippen molar-refractivity contribution < 1.29 is 22.6 Å². The van der Waals surface area contributed by atoms with Crippen molar-refractivity contribution in [2.75, 3.05) is 19.8 Å². The fraction of sp³-hybridized carbons (Fsp3) is 0.600. The summed E-state index contributed by atoms with van der Waals surface area (Å²) in [4.78, 5) is 0. The van der Waals surface area contributed by atoms with Crippen molar-refractivity contribution in [1.82, 2.24) is 0 Å². The van der Waals surface area contributed by atoms with Gasteiger partial charge in [0.2, 0.25) is 0 Å². The second-order valence-corrected chi connectivity index (χ2v) is 6.09. The minimum absolute atomic E-state index is 0.279. The molecule has 0 spiro atoms. The standard InChI is InChI=1S/C15H19F3O2/c1-14(2,3)11-5-4-6-12(13(11)16)15(17,18)9-20-10-7-19-8-10/h4-6,10H,7-9H2,1-3H3. The van der Waals surface area contributed by atoms with Gasteiger partial charge in [0.1, 0.15) is 18.5 Å². The minimum atomic E-state index is -3.35. The molecule has 0 unspecified atom stereocenters. The van der Waals surface area contributed by atoms with Crippen LogP contribution >= 0.6 is 0 Å². The van der Waals surface area contributed by atoms with Crippen LogP contribution in [0.3, 0.4) is 0 Å². The number of hydrogen-bond acceptors (Lipinski definition) is 2. The predicted molar refractivity (Wildman–Crippen MR) is 69.6 cm³/mol. The van der Waals surface area contributed by atoms with Gasteiger partial charge < -0.3 is 9.47 Å². The Balaban J connectivity index is 2.21. The summed E-state index contributed by atoms with van der Waals surface area (Å²) in [7, 11) is 0. The second-order valence-electron chi connectivity index (χ2n) is 6.09. The molecule has 0 aliphatic carbocycles. The molecule has 1 aromatic rings. The molecule has 0 saturated carbocycles. The Hall–Kier alpha value is -1.07. The van der Waals surface area contributed by atoms with Gasteiger partial charge in [0.15, 0.2) is 0 Å². The van der Waals surface area contributed by atoms with E-state index in [0.29, 0.717) is 13.2 Å². The summed E-state index contributed by atoms with van der Waals surface area (Å²) in [6.07, 6.45) is -0.310. The summed E-state index contributed by atoms with van der Waals surface area (Å²) < 4.78 is 52.4. The first kappa shape index (κ1) is 15.3. The molecule has 0 radical (unpaired) electrons. The predicted octanol–water partition coefficient (Wildman–Crippen LogP) is 3.63. The first-order valence-electron chi connectivity index (χ1n) is 6.58. The fourth-order valence-electron chi connectivity index (χ4n) is 2.00. The zero-order valence-corrected chi connectivity index (χ0v) is 11.9. The summed E-state index contributed by atoms with van der Waals surface area (Å²) in [6, 6.07) is 4.11. The van der Waals surface area contributed by atoms with E-state index in [2.05, 4.69) is 0 Å². The van der Waals surface area contributed by atoms with Gasteiger partial charge in [0.05, 0.1) is 18.8 Å². The van der Waals surface area contributed by atoms with E-state index in [1.54, 1.807) is 20.8 Å². The molecular weight excluding hydrogens is 269 g/mol. The number of rotatable bonds is 4. The van der Waals surface area contributed by atoms with Crippen molar-refractivity contribution in [3.8, 4) is 0 Å². The number of hydrogen-bond donors (Lipinski definition) is 0. The van der Waals surface area contributed by atoms with E-state index in [-0.39, 0.29) is 11.7 Å². The average molecular weight is 288 g/mol. The topological polar surface area (TPSA) is 18.5 Å². The highest BCUT2D eigenvalue weighted by molar-refractivity contribution is 5.33. The van der Waals surface area contributed by atoms with E-state index in [0.717, 1.165) is 6.07 Å². The summed E-state index contributed by atoms with van der Waals surface area (Å²) in [5.41, 5.74) is -0.856. The molecule has 1 aliphatic rings. The molecule has 1 fully saturated rings. The molecule has 0 atom stereocenters. The average Bonchev–Trinajstić information content (AvgIpc) is 2.25. The summed E-state index contributed by atoms with van der Waals surface area (Å²) in [5, 5.41) is 0. The van der Waals surface area contributed by atoms with E-state index in [1.807, 2.05) is 0 Å². The third kappa shape index (κ3) is 3.15. The maximum atomic E-state index is 14.3. The van der Waals surface area contributed by atoms with Gasteiger partial charge in [-0.25, -0.2) is 4.39 Å². The van der Waals surface area contributed by atoms with Crippen LogP contribution in [-0.4, -0.2) is 25.9 Å². The molecule has 5 heteroatoms. The monoisotopic (exact) mass is 288 g/mol. The zero-order chi connectivity index (χ0) is 15.0. The quantitative estimate of drug-likeness (QED) is 0.842. The van der Waals surface area contributed by atoms with Crippen molar-refractivity contribution in [2.24, 2.45) is 0 Å². The highest BCUT2D eigenvalue weighted by Crippen LogP contribution is 2.35. The van der Waals surface area contributed by atoms with Crippen LogP contribution in [0.2, 0.25) is 0 Å². The summed E-state index contributed by atoms with van der Waals surface area (Å²) >= 11 is 0. The van der Waals surface area contributed by atoms with Crippen molar-refractivity contribution in [2.45, 2.75) is 38.2 Å². The molecule has 1 heterocycles. The molecule has 0 N–H and O–H groups in total. The number of halogens is 3. The van der Waals surface area contributed by atoms with Gasteiger partial charge in [-0.1, -0.05) is 32.9 Å². The Kier molecular flexibility index (Phi) is 4.12. The minimum Gasteiger partial charge on any atom is -0.376 e. The number of ether oxygens (including phenoxy) is 2. The molecule has 0 amide bonds. The largest absolute Gasteiger partial charge is 0.376 e. The van der Waals surface area contributed by atoms with Gasteiger partial charge in [-0.15, -0.1) is 0 Å². The smallest absolute Gasteiger partial charge is 0.298 e. The van der Waals surface area contributed by atoms with Gasteiger partial charge in [0, 0.05) is 0 Å². The van der Waals surface area contributed by atoms with Crippen LogP contribution in [0, 0.1) is 5.82 Å². The molecule has 1 aliphatic heterocycles. The molecule has 20 heavy (non-hydrogen) atoms. The third-order valence-electron chi connectivity index (χ3n) is 3.31. The van der Waals surface area contributed by atoms with Crippen molar-refractivity contribution in [3.63, 3.8) is 0 Å². The highest BCUT2D eigenvalue weighted by Gasteiger charge is 2.38. The van der Waals surface area contributed by atoms with Crippen molar-refractivity contribution in [1.29, 1.82) is 0 Å². The second kappa shape index (κ2) is 5.37. The van der Waals surface area contributed by atoms with Gasteiger partial charge in [-0.3, -0.25) is 0 Å². The Bertz CT molecular complexity index is 476. The normalized spacial score (nSPS) is 17.1. The zero-order valence-electron chi connectivity index (χ0n) is 11.9. The van der Waals surface area contributed by atoms with Gasteiger partial charge in [0.25, 0.3) is 5.92 Å². The Labute approximate surface area is 116 Å². The van der Waals surface area contributed by atoms with Crippen LogP contribution in [0.5, 0.6) is 0 Å². The summed E-state index contributed by atoms with van der Waals surface area (Å²) in [6.45, 7) is 5.17. The maximum absolute atomic E-state index is 14.3. The molecular formula is C15H19F3O2. The lowest BCUT2D eigenvalue weighted by Crippen LogP contribution is -2.39. The van der Waals surface area contributed by atoms with Crippen LogP contribution in [-0.2, 0) is 20.8 Å². The van der Waals surface area contributed by atoms with Crippen molar-refractivity contribution >= 4 is 0 Å². The molecule has 1 aromatic carbocycles. The highest BCUT2D eigenvalue weighted by atomic mass is 19.3. The van der Waals surface area contributed by atoms with Gasteiger partial charge in [-0.2, -0.15) is 8.78 Å². The van der Waals surface area contributed by atoms with Crippen LogP contribution in [0.1, 0.15) is 31.9 Å². The van der Waals surface area contributed by atoms with Crippen molar-refractivity contribution in [3.05, 3.63) is 35.1 Å². The van der Waals surface area contributed by atoms with Crippen LogP contribution in [0.4, 0.5) is 13.2 Å². The van der Waals surface area contributed by atoms with E-state index in [9.17, 15) is 13.2 Å². The number of alkyl halides is 2. The van der Waals surface area contributed by atoms with E-state index in [4.69, 9.17) is 9.47 Å². The molecule has 0 bridgehead atoms. The van der Waals surface area contributed by atoms with Crippen LogP contribution < -0.4 is 0 Å². The first-order valence-corrected chi connectivity index (χ1v) is 6.58. The summed E-state index contributed by atoms with van der Waals surface area (Å²) in [5.74, 6) is -4.19. The Morgan fingerprint density at radius 1 is 1.20 bits per heavy atom. The molecule has 1 saturated heterocycles. The van der Waals surface area contributed by atoms with Gasteiger partial charge in [-0.05, 0) is 17.0 Å². The fourth-order valence-corrected chi connectivity index (χ4v) is 2.00. The molecule has 0 aromatic heterocycles. The van der Waals surface area contributed by atoms with E-state index >= 15 is 0 Å². The lowest BCUT2D eigenvalue weighted by molar-refractivity contribution is -0.175. The Morgan fingerprint density at radius 3 is 2.30 bits per heavy atom. The Morgan fingerprint density at radius 2 is 1.80 bits per heavy atom. The number of benzene rings is 1. The molecule has 2 rings (SSSR count).